The average molecular weight is 432 g/mol. The van der Waals surface area contributed by atoms with E-state index in [1.807, 2.05) is 12.1 Å². The number of fused-ring (bicyclic) bond motifs is 1. The molecule has 1 aromatic heterocycles. The number of hydrogen-bond acceptors (Lipinski definition) is 5. The molecule has 5 rings (SSSR count). The Hall–Kier alpha value is -1.73. The number of piperidine rings is 1. The number of imide groups is 1. The van der Waals surface area contributed by atoms with Gasteiger partial charge < -0.3 is 5.32 Å². The lowest BCUT2D eigenvalue weighted by molar-refractivity contribution is 0.0626. The van der Waals surface area contributed by atoms with Crippen LogP contribution in [0.4, 0.5) is 0 Å². The van der Waals surface area contributed by atoms with Crippen molar-refractivity contribution in [2.45, 2.75) is 31.8 Å². The largest absolute Gasteiger partial charge is 0.317 e. The number of amides is 2. The van der Waals surface area contributed by atoms with E-state index in [4.69, 9.17) is 0 Å². The summed E-state index contributed by atoms with van der Waals surface area (Å²) in [4.78, 5) is 29.3. The van der Waals surface area contributed by atoms with Crippen molar-refractivity contribution in [1.29, 1.82) is 0 Å². The highest BCUT2D eigenvalue weighted by Crippen LogP contribution is 2.56. The summed E-state index contributed by atoms with van der Waals surface area (Å²) in [5, 5.41) is 7.79. The maximum absolute atomic E-state index is 12.7. The standard InChI is InChI=1S/C22H25N3O2S.ClH/c26-20-17-3-1-2-4-18(17)21(27)25(20)11-10-24(14-16-5-12-28-15-16)19-13-22(19)6-8-23-9-7-22;/h1-5,12,15,19,23H,6-11,13-14H2;1H. The highest BCUT2D eigenvalue weighted by molar-refractivity contribution is 7.07. The molecule has 1 saturated heterocycles. The molecule has 2 fully saturated rings. The highest BCUT2D eigenvalue weighted by atomic mass is 35.5. The first-order valence-electron chi connectivity index (χ1n) is 10.1. The molecule has 3 aliphatic rings. The minimum absolute atomic E-state index is 0. The molecular formula is C22H26ClN3O2S. The molecule has 0 radical (unpaired) electrons. The van der Waals surface area contributed by atoms with Gasteiger partial charge in [-0.1, -0.05) is 12.1 Å². The zero-order valence-electron chi connectivity index (χ0n) is 16.3. The van der Waals surface area contributed by atoms with Crippen molar-refractivity contribution >= 4 is 35.6 Å². The Morgan fingerprint density at radius 3 is 2.41 bits per heavy atom. The number of rotatable bonds is 6. The van der Waals surface area contributed by atoms with Crippen LogP contribution in [0.3, 0.4) is 0 Å². The molecule has 1 aromatic carbocycles. The van der Waals surface area contributed by atoms with E-state index in [1.165, 1.54) is 29.7 Å². The number of halogens is 1. The fourth-order valence-electron chi connectivity index (χ4n) is 4.94. The molecule has 7 heteroatoms. The fourth-order valence-corrected chi connectivity index (χ4v) is 5.60. The molecule has 2 aliphatic heterocycles. The molecule has 5 nitrogen and oxygen atoms in total. The van der Waals surface area contributed by atoms with Crippen molar-refractivity contribution in [3.8, 4) is 0 Å². The fraction of sp³-hybridized carbons (Fsp3) is 0.455. The predicted molar refractivity (Wildman–Crippen MR) is 117 cm³/mol. The normalized spacial score (nSPS) is 22.1. The molecule has 3 heterocycles. The summed E-state index contributed by atoms with van der Waals surface area (Å²) >= 11 is 1.72. The summed E-state index contributed by atoms with van der Waals surface area (Å²) in [5.41, 5.74) is 2.84. The van der Waals surface area contributed by atoms with Crippen molar-refractivity contribution in [3.05, 3.63) is 57.8 Å². The Labute approximate surface area is 181 Å². The summed E-state index contributed by atoms with van der Waals surface area (Å²) < 4.78 is 0. The molecule has 2 amide bonds. The van der Waals surface area contributed by atoms with Crippen LogP contribution < -0.4 is 5.32 Å². The van der Waals surface area contributed by atoms with Crippen molar-refractivity contribution in [2.24, 2.45) is 5.41 Å². The Morgan fingerprint density at radius 2 is 1.79 bits per heavy atom. The van der Waals surface area contributed by atoms with E-state index in [-0.39, 0.29) is 24.2 Å². The lowest BCUT2D eigenvalue weighted by Gasteiger charge is -2.30. The summed E-state index contributed by atoms with van der Waals surface area (Å²) in [6.45, 7) is 4.29. The summed E-state index contributed by atoms with van der Waals surface area (Å²) in [5.74, 6) is -0.299. The van der Waals surface area contributed by atoms with Crippen LogP contribution in [0.15, 0.2) is 41.1 Å². The average Bonchev–Trinajstić information content (AvgIpc) is 3.06. The number of benzene rings is 1. The first-order chi connectivity index (χ1) is 13.7. The first-order valence-corrected chi connectivity index (χ1v) is 11.0. The van der Waals surface area contributed by atoms with Gasteiger partial charge in [0.1, 0.15) is 0 Å². The first kappa shape index (κ1) is 20.5. The second-order valence-corrected chi connectivity index (χ2v) is 9.02. The molecule has 1 atom stereocenters. The van der Waals surface area contributed by atoms with E-state index in [0.29, 0.717) is 29.1 Å². The van der Waals surface area contributed by atoms with Crippen LogP contribution in [0, 0.1) is 5.41 Å². The lowest BCUT2D eigenvalue weighted by Crippen LogP contribution is -2.41. The predicted octanol–water partition coefficient (Wildman–Crippen LogP) is 3.41. The van der Waals surface area contributed by atoms with Gasteiger partial charge in [-0.15, -0.1) is 12.4 Å². The van der Waals surface area contributed by atoms with E-state index in [1.54, 1.807) is 23.5 Å². The van der Waals surface area contributed by atoms with Gasteiger partial charge in [-0.05, 0) is 72.3 Å². The number of nitrogens with one attached hydrogen (secondary N) is 1. The quantitative estimate of drug-likeness (QED) is 0.712. The monoisotopic (exact) mass is 431 g/mol. The third-order valence-corrected chi connectivity index (χ3v) is 7.37. The van der Waals surface area contributed by atoms with Crippen molar-refractivity contribution in [3.63, 3.8) is 0 Å². The summed E-state index contributed by atoms with van der Waals surface area (Å²) in [7, 11) is 0. The van der Waals surface area contributed by atoms with Crippen LogP contribution in [0.25, 0.3) is 0 Å². The smallest absolute Gasteiger partial charge is 0.261 e. The summed E-state index contributed by atoms with van der Waals surface area (Å²) in [6, 6.07) is 9.89. The molecule has 29 heavy (non-hydrogen) atoms. The van der Waals surface area contributed by atoms with E-state index in [0.717, 1.165) is 26.2 Å². The Bertz CT molecular complexity index is 860. The maximum Gasteiger partial charge on any atom is 0.261 e. The number of thiophene rings is 1. The van der Waals surface area contributed by atoms with Crippen LogP contribution >= 0.6 is 23.7 Å². The molecule has 0 bridgehead atoms. The van der Waals surface area contributed by atoms with E-state index in [2.05, 4.69) is 27.0 Å². The molecule has 154 valence electrons. The molecule has 1 spiro atoms. The van der Waals surface area contributed by atoms with Crippen molar-refractivity contribution < 1.29 is 9.59 Å². The van der Waals surface area contributed by atoms with Crippen LogP contribution in [0.2, 0.25) is 0 Å². The maximum atomic E-state index is 12.7. The van der Waals surface area contributed by atoms with E-state index < -0.39 is 0 Å². The van der Waals surface area contributed by atoms with Crippen LogP contribution in [-0.4, -0.2) is 53.8 Å². The van der Waals surface area contributed by atoms with Crippen LogP contribution in [0.1, 0.15) is 45.5 Å². The van der Waals surface area contributed by atoms with Gasteiger partial charge in [0.15, 0.2) is 0 Å². The second kappa shape index (κ2) is 8.19. The zero-order chi connectivity index (χ0) is 19.1. The second-order valence-electron chi connectivity index (χ2n) is 8.24. The topological polar surface area (TPSA) is 52.7 Å². The van der Waals surface area contributed by atoms with Crippen molar-refractivity contribution in [2.75, 3.05) is 26.2 Å². The third-order valence-electron chi connectivity index (χ3n) is 6.64. The molecule has 2 aromatic rings. The summed E-state index contributed by atoms with van der Waals surface area (Å²) in [6.07, 6.45) is 3.69. The zero-order valence-corrected chi connectivity index (χ0v) is 17.9. The van der Waals surface area contributed by atoms with Gasteiger partial charge in [-0.2, -0.15) is 11.3 Å². The molecule has 1 saturated carbocycles. The Kier molecular flexibility index (Phi) is 5.80. The van der Waals surface area contributed by atoms with E-state index >= 15 is 0 Å². The Morgan fingerprint density at radius 1 is 1.10 bits per heavy atom. The van der Waals surface area contributed by atoms with E-state index in [9.17, 15) is 9.59 Å². The number of carbonyl (C=O) groups is 2. The third kappa shape index (κ3) is 3.75. The number of nitrogens with zero attached hydrogens (tertiary/aromatic N) is 2. The SMILES string of the molecule is Cl.O=C1c2ccccc2C(=O)N1CCN(Cc1ccsc1)C1CC12CCNCC2. The van der Waals surface area contributed by atoms with Gasteiger partial charge in [0.25, 0.3) is 11.8 Å². The van der Waals surface area contributed by atoms with Gasteiger partial charge >= 0.3 is 0 Å². The van der Waals surface area contributed by atoms with Gasteiger partial charge in [-0.3, -0.25) is 19.4 Å². The minimum atomic E-state index is -0.150. The van der Waals surface area contributed by atoms with Gasteiger partial charge in [0, 0.05) is 25.7 Å². The number of hydrogen-bond donors (Lipinski definition) is 1. The molecule has 1 N–H and O–H groups in total. The van der Waals surface area contributed by atoms with Gasteiger partial charge in [0.05, 0.1) is 11.1 Å². The molecule has 1 unspecified atom stereocenters. The number of carbonyl (C=O) groups excluding carboxylic acids is 2. The molecular weight excluding hydrogens is 406 g/mol. The minimum Gasteiger partial charge on any atom is -0.317 e. The van der Waals surface area contributed by atoms with Crippen LogP contribution in [-0.2, 0) is 6.54 Å². The lowest BCUT2D eigenvalue weighted by atomic mass is 9.93. The Balaban J connectivity index is 0.00000205. The molecule has 1 aliphatic carbocycles. The van der Waals surface area contributed by atoms with Gasteiger partial charge in [0.2, 0.25) is 0 Å². The highest BCUT2D eigenvalue weighted by Gasteiger charge is 2.56. The van der Waals surface area contributed by atoms with Gasteiger partial charge in [-0.25, -0.2) is 0 Å². The van der Waals surface area contributed by atoms with Crippen molar-refractivity contribution in [1.82, 2.24) is 15.1 Å². The van der Waals surface area contributed by atoms with Crippen LogP contribution in [0.5, 0.6) is 0 Å².